The summed E-state index contributed by atoms with van der Waals surface area (Å²) in [6.07, 6.45) is 2.41. The van der Waals surface area contributed by atoms with Gasteiger partial charge in [-0.15, -0.1) is 0 Å². The first-order valence-electron chi connectivity index (χ1n) is 9.44. The van der Waals surface area contributed by atoms with Crippen molar-refractivity contribution >= 4 is 34.6 Å². The lowest BCUT2D eigenvalue weighted by Crippen LogP contribution is -2.53. The summed E-state index contributed by atoms with van der Waals surface area (Å²) in [5.74, 6) is -2.41. The number of nitrogens with one attached hydrogen (secondary N) is 3. The van der Waals surface area contributed by atoms with Crippen molar-refractivity contribution < 1.29 is 19.5 Å². The summed E-state index contributed by atoms with van der Waals surface area (Å²) in [5.41, 5.74) is 17.5. The lowest BCUT2D eigenvalue weighted by atomic mass is 10.0. The smallest absolute Gasteiger partial charge is 0.326 e. The number of carbonyl (C=O) groups excluding carboxylic acids is 2. The number of para-hydroxylation sites is 1. The molecule has 162 valence electrons. The van der Waals surface area contributed by atoms with Crippen molar-refractivity contribution in [3.05, 3.63) is 36.0 Å². The zero-order chi connectivity index (χ0) is 22.1. The van der Waals surface area contributed by atoms with Crippen LogP contribution >= 0.6 is 0 Å². The molecule has 0 saturated heterocycles. The molecule has 0 aliphatic carbocycles. The van der Waals surface area contributed by atoms with Crippen molar-refractivity contribution in [1.29, 1.82) is 0 Å². The summed E-state index contributed by atoms with van der Waals surface area (Å²) in [7, 11) is 0. The normalized spacial score (nSPS) is 12.7. The highest BCUT2D eigenvalue weighted by Crippen LogP contribution is 2.19. The van der Waals surface area contributed by atoms with Crippen LogP contribution in [0.5, 0.6) is 0 Å². The molecule has 1 aromatic heterocycles. The minimum Gasteiger partial charge on any atom is -0.480 e. The summed E-state index contributed by atoms with van der Waals surface area (Å²) >= 11 is 0. The van der Waals surface area contributed by atoms with E-state index in [1.807, 2.05) is 24.3 Å². The standard InChI is InChI=1S/C19H27N7O4/c20-9-16(27)25-15(8-11-10-24-13-5-2-1-4-12(11)13)17(28)26-14(18(29)30)6-3-7-23-19(21)22/h1-2,4-5,10,14-15,24H,3,6-9,20H2,(H,25,27)(H,26,28)(H,29,30)(H4,21,22,23)/t14-,15-/m0/s1. The Kier molecular flexibility index (Phi) is 8.18. The van der Waals surface area contributed by atoms with Gasteiger partial charge >= 0.3 is 5.97 Å². The maximum atomic E-state index is 12.8. The van der Waals surface area contributed by atoms with Gasteiger partial charge in [0.15, 0.2) is 5.96 Å². The molecule has 1 aromatic carbocycles. The highest BCUT2D eigenvalue weighted by Gasteiger charge is 2.27. The molecule has 0 bridgehead atoms. The fourth-order valence-corrected chi connectivity index (χ4v) is 3.02. The minimum absolute atomic E-state index is 0.0887. The second-order valence-electron chi connectivity index (χ2n) is 6.74. The van der Waals surface area contributed by atoms with Gasteiger partial charge in [-0.2, -0.15) is 0 Å². The van der Waals surface area contributed by atoms with Crippen LogP contribution in [0.3, 0.4) is 0 Å². The number of rotatable bonds is 11. The zero-order valence-corrected chi connectivity index (χ0v) is 16.4. The number of aromatic nitrogens is 1. The minimum atomic E-state index is -1.19. The number of hydrogen-bond acceptors (Lipinski definition) is 5. The van der Waals surface area contributed by atoms with Crippen molar-refractivity contribution in [2.24, 2.45) is 22.2 Å². The number of carboxylic acid groups (broad SMARTS) is 1. The third-order valence-electron chi connectivity index (χ3n) is 4.50. The van der Waals surface area contributed by atoms with Gasteiger partial charge in [0, 0.05) is 30.1 Å². The Balaban J connectivity index is 2.12. The Morgan fingerprint density at radius 3 is 2.53 bits per heavy atom. The number of benzene rings is 1. The first kappa shape index (κ1) is 22.7. The number of nitrogens with zero attached hydrogens (tertiary/aromatic N) is 1. The number of fused-ring (bicyclic) bond motifs is 1. The van der Waals surface area contributed by atoms with Crippen LogP contribution in [0.2, 0.25) is 0 Å². The first-order chi connectivity index (χ1) is 14.3. The summed E-state index contributed by atoms with van der Waals surface area (Å²) < 4.78 is 0. The predicted octanol–water partition coefficient (Wildman–Crippen LogP) is -1.22. The molecule has 0 aliphatic rings. The third-order valence-corrected chi connectivity index (χ3v) is 4.50. The van der Waals surface area contributed by atoms with E-state index < -0.39 is 29.9 Å². The van der Waals surface area contributed by atoms with Crippen molar-refractivity contribution in [1.82, 2.24) is 15.6 Å². The fourth-order valence-electron chi connectivity index (χ4n) is 3.02. The molecule has 2 rings (SSSR count). The lowest BCUT2D eigenvalue weighted by Gasteiger charge is -2.21. The van der Waals surface area contributed by atoms with E-state index in [1.54, 1.807) is 6.20 Å². The number of guanidine groups is 1. The molecule has 1 heterocycles. The molecular weight excluding hydrogens is 390 g/mol. The van der Waals surface area contributed by atoms with Crippen LogP contribution in [0.25, 0.3) is 10.9 Å². The van der Waals surface area contributed by atoms with E-state index in [9.17, 15) is 19.5 Å². The Bertz CT molecular complexity index is 920. The zero-order valence-electron chi connectivity index (χ0n) is 16.4. The average molecular weight is 417 g/mol. The monoisotopic (exact) mass is 417 g/mol. The van der Waals surface area contributed by atoms with Gasteiger partial charge in [0.2, 0.25) is 11.8 Å². The SMILES string of the molecule is NCC(=O)N[C@@H](Cc1c[nH]c2ccccc12)C(=O)N[C@@H](CCCN=C(N)N)C(=O)O. The quantitative estimate of drug-likeness (QED) is 0.135. The molecule has 0 radical (unpaired) electrons. The van der Waals surface area contributed by atoms with Crippen LogP contribution in [0.15, 0.2) is 35.5 Å². The number of aliphatic imine (C=N–C) groups is 1. The van der Waals surface area contributed by atoms with Crippen LogP contribution in [-0.4, -0.2) is 59.0 Å². The van der Waals surface area contributed by atoms with E-state index in [4.69, 9.17) is 17.2 Å². The number of aliphatic carboxylic acids is 1. The van der Waals surface area contributed by atoms with Crippen LogP contribution < -0.4 is 27.8 Å². The molecule has 0 unspecified atom stereocenters. The van der Waals surface area contributed by atoms with E-state index >= 15 is 0 Å². The van der Waals surface area contributed by atoms with Gasteiger partial charge in [0.05, 0.1) is 6.54 Å². The summed E-state index contributed by atoms with van der Waals surface area (Å²) in [6.45, 7) is -0.0524. The van der Waals surface area contributed by atoms with Crippen molar-refractivity contribution in [2.45, 2.75) is 31.3 Å². The molecule has 0 fully saturated rings. The van der Waals surface area contributed by atoms with E-state index in [0.29, 0.717) is 6.42 Å². The summed E-state index contributed by atoms with van der Waals surface area (Å²) in [6, 6.07) is 5.40. The van der Waals surface area contributed by atoms with Crippen LogP contribution in [0.4, 0.5) is 0 Å². The highest BCUT2D eigenvalue weighted by molar-refractivity contribution is 5.92. The molecule has 11 nitrogen and oxygen atoms in total. The summed E-state index contributed by atoms with van der Waals surface area (Å²) in [4.78, 5) is 43.1. The maximum Gasteiger partial charge on any atom is 0.326 e. The lowest BCUT2D eigenvalue weighted by molar-refractivity contribution is -0.142. The maximum absolute atomic E-state index is 12.8. The number of amides is 2. The van der Waals surface area contributed by atoms with Gasteiger partial charge in [-0.1, -0.05) is 18.2 Å². The number of hydrogen-bond donors (Lipinski definition) is 7. The Morgan fingerprint density at radius 2 is 1.87 bits per heavy atom. The van der Waals surface area contributed by atoms with E-state index in [0.717, 1.165) is 16.5 Å². The number of nitrogens with two attached hydrogens (primary N) is 3. The first-order valence-corrected chi connectivity index (χ1v) is 9.44. The molecule has 0 saturated carbocycles. The molecule has 0 spiro atoms. The molecule has 2 amide bonds. The van der Waals surface area contributed by atoms with Crippen molar-refractivity contribution in [3.8, 4) is 0 Å². The summed E-state index contributed by atoms with van der Waals surface area (Å²) in [5, 5.41) is 15.4. The van der Waals surface area contributed by atoms with E-state index in [1.165, 1.54) is 0 Å². The molecule has 0 aliphatic heterocycles. The number of carboxylic acids is 1. The van der Waals surface area contributed by atoms with Gasteiger partial charge in [-0.25, -0.2) is 4.79 Å². The largest absolute Gasteiger partial charge is 0.480 e. The Labute approximate surface area is 173 Å². The van der Waals surface area contributed by atoms with Crippen LogP contribution in [0.1, 0.15) is 18.4 Å². The topological polar surface area (TPSA) is 202 Å². The molecule has 2 atom stereocenters. The number of H-pyrrole nitrogens is 1. The third kappa shape index (κ3) is 6.48. The average Bonchev–Trinajstić information content (AvgIpc) is 3.12. The molecule has 2 aromatic rings. The van der Waals surface area contributed by atoms with Gasteiger partial charge in [-0.3, -0.25) is 14.6 Å². The Morgan fingerprint density at radius 1 is 1.13 bits per heavy atom. The molecule has 10 N–H and O–H groups in total. The van der Waals surface area contributed by atoms with Gasteiger partial charge in [0.1, 0.15) is 12.1 Å². The van der Waals surface area contributed by atoms with Crippen molar-refractivity contribution in [3.63, 3.8) is 0 Å². The second-order valence-corrected chi connectivity index (χ2v) is 6.74. The molecule has 11 heteroatoms. The van der Waals surface area contributed by atoms with E-state index in [2.05, 4.69) is 20.6 Å². The van der Waals surface area contributed by atoms with Gasteiger partial charge in [-0.05, 0) is 24.5 Å². The molecular formula is C19H27N7O4. The fraction of sp³-hybridized carbons (Fsp3) is 0.368. The molecule has 30 heavy (non-hydrogen) atoms. The predicted molar refractivity (Wildman–Crippen MR) is 112 cm³/mol. The van der Waals surface area contributed by atoms with Gasteiger partial charge < -0.3 is 37.9 Å². The Hall–Kier alpha value is -3.60. The number of aromatic amines is 1. The second kappa shape index (κ2) is 10.8. The van der Waals surface area contributed by atoms with Crippen molar-refractivity contribution in [2.75, 3.05) is 13.1 Å². The van der Waals surface area contributed by atoms with E-state index in [-0.39, 0.29) is 31.9 Å². The highest BCUT2D eigenvalue weighted by atomic mass is 16.4. The van der Waals surface area contributed by atoms with Crippen LogP contribution in [-0.2, 0) is 20.8 Å². The number of carbonyl (C=O) groups is 3. The van der Waals surface area contributed by atoms with Crippen LogP contribution in [0, 0.1) is 0 Å². The van der Waals surface area contributed by atoms with Gasteiger partial charge in [0.25, 0.3) is 0 Å².